The average molecular weight is 348 g/mol. The van der Waals surface area contributed by atoms with Gasteiger partial charge in [0.1, 0.15) is 0 Å². The Morgan fingerprint density at radius 3 is 2.88 bits per heavy atom. The minimum absolute atomic E-state index is 0.733. The van der Waals surface area contributed by atoms with Crippen molar-refractivity contribution in [3.05, 3.63) is 54.1 Å². The van der Waals surface area contributed by atoms with Gasteiger partial charge in [-0.15, -0.1) is 0 Å². The maximum atomic E-state index is 4.40. The summed E-state index contributed by atoms with van der Waals surface area (Å²) in [4.78, 5) is 15.6. The van der Waals surface area contributed by atoms with Gasteiger partial charge in [0.05, 0.1) is 28.6 Å². The van der Waals surface area contributed by atoms with Gasteiger partial charge < -0.3 is 15.5 Å². The highest BCUT2D eigenvalue weighted by Gasteiger charge is 2.16. The van der Waals surface area contributed by atoms with Gasteiger partial charge in [-0.2, -0.15) is 0 Å². The first kappa shape index (κ1) is 16.7. The molecule has 1 aliphatic heterocycles. The van der Waals surface area contributed by atoms with Crippen LogP contribution in [-0.2, 0) is 6.54 Å². The van der Waals surface area contributed by atoms with Crippen LogP contribution in [-0.4, -0.2) is 41.1 Å². The first-order chi connectivity index (χ1) is 12.8. The lowest BCUT2D eigenvalue weighted by Gasteiger charge is -2.27. The van der Waals surface area contributed by atoms with E-state index >= 15 is 0 Å². The summed E-state index contributed by atoms with van der Waals surface area (Å²) in [5.74, 6) is 0. The zero-order valence-corrected chi connectivity index (χ0v) is 15.1. The van der Waals surface area contributed by atoms with Gasteiger partial charge in [-0.05, 0) is 43.1 Å². The Kier molecular flexibility index (Phi) is 4.93. The highest BCUT2D eigenvalue weighted by atomic mass is 15.2. The quantitative estimate of drug-likeness (QED) is 0.756. The number of nitrogens with one attached hydrogen (secondary N) is 2. The molecule has 4 rings (SSSR count). The van der Waals surface area contributed by atoms with Crippen LogP contribution in [0.5, 0.6) is 0 Å². The molecule has 0 radical (unpaired) electrons. The van der Waals surface area contributed by atoms with Crippen LogP contribution in [0.3, 0.4) is 0 Å². The number of aryl methyl sites for hydroxylation is 1. The monoisotopic (exact) mass is 348 g/mol. The van der Waals surface area contributed by atoms with E-state index in [0.717, 1.165) is 55.9 Å². The van der Waals surface area contributed by atoms with Crippen molar-refractivity contribution >= 4 is 22.4 Å². The van der Waals surface area contributed by atoms with Crippen LogP contribution in [0.2, 0.25) is 0 Å². The Balaban J connectivity index is 1.56. The summed E-state index contributed by atoms with van der Waals surface area (Å²) < 4.78 is 0. The van der Waals surface area contributed by atoms with Crippen LogP contribution in [0.25, 0.3) is 11.0 Å². The first-order valence-electron chi connectivity index (χ1n) is 9.15. The lowest BCUT2D eigenvalue weighted by Crippen LogP contribution is -2.29. The van der Waals surface area contributed by atoms with Gasteiger partial charge in [-0.25, -0.2) is 0 Å². The molecule has 1 fully saturated rings. The van der Waals surface area contributed by atoms with Gasteiger partial charge in [0.25, 0.3) is 0 Å². The van der Waals surface area contributed by atoms with E-state index in [4.69, 9.17) is 0 Å². The number of nitrogens with zero attached hydrogens (tertiary/aromatic N) is 4. The van der Waals surface area contributed by atoms with Gasteiger partial charge in [0.2, 0.25) is 0 Å². The van der Waals surface area contributed by atoms with Crippen molar-refractivity contribution in [3.63, 3.8) is 0 Å². The van der Waals surface area contributed by atoms with Crippen molar-refractivity contribution in [2.45, 2.75) is 19.9 Å². The zero-order valence-electron chi connectivity index (χ0n) is 15.1. The van der Waals surface area contributed by atoms with Crippen LogP contribution >= 0.6 is 0 Å². The maximum absolute atomic E-state index is 4.40. The van der Waals surface area contributed by atoms with Gasteiger partial charge >= 0.3 is 0 Å². The fraction of sp³-hybridized carbons (Fsp3) is 0.350. The van der Waals surface area contributed by atoms with Crippen LogP contribution in [0, 0.1) is 6.92 Å². The molecule has 0 aliphatic carbocycles. The second-order valence-electron chi connectivity index (χ2n) is 6.68. The molecule has 3 aromatic rings. The van der Waals surface area contributed by atoms with E-state index < -0.39 is 0 Å². The zero-order chi connectivity index (χ0) is 17.8. The largest absolute Gasteiger partial charge is 0.378 e. The number of benzene rings is 1. The fourth-order valence-electron chi connectivity index (χ4n) is 3.49. The summed E-state index contributed by atoms with van der Waals surface area (Å²) >= 11 is 0. The van der Waals surface area contributed by atoms with E-state index in [1.807, 2.05) is 18.5 Å². The number of aromatic nitrogens is 3. The standard InChI is InChI=1S/C20H24N6/c1-15-12-22-14-19(20(15)26-9-2-5-21-8-10-26)25-13-16-3-4-17-18(11-16)24-7-6-23-17/h3-4,6-7,11-12,14,21,25H,2,5,8-10,13H2,1H3. The Morgan fingerprint density at radius 1 is 1.08 bits per heavy atom. The molecular weight excluding hydrogens is 324 g/mol. The molecule has 6 nitrogen and oxygen atoms in total. The molecule has 1 aliphatic rings. The van der Waals surface area contributed by atoms with Crippen molar-refractivity contribution in [1.82, 2.24) is 20.3 Å². The van der Waals surface area contributed by atoms with Crippen LogP contribution in [0.1, 0.15) is 17.5 Å². The van der Waals surface area contributed by atoms with E-state index in [0.29, 0.717) is 0 Å². The minimum atomic E-state index is 0.733. The summed E-state index contributed by atoms with van der Waals surface area (Å²) in [6, 6.07) is 6.21. The molecule has 0 saturated carbocycles. The molecule has 0 unspecified atom stereocenters. The molecule has 3 heterocycles. The third-order valence-corrected chi connectivity index (χ3v) is 4.77. The van der Waals surface area contributed by atoms with Gasteiger partial charge in [-0.3, -0.25) is 15.0 Å². The maximum Gasteiger partial charge on any atom is 0.0890 e. The lowest BCUT2D eigenvalue weighted by molar-refractivity contribution is 0.724. The van der Waals surface area contributed by atoms with E-state index in [1.165, 1.54) is 16.8 Å². The molecule has 2 aromatic heterocycles. The number of anilines is 2. The molecule has 134 valence electrons. The molecule has 26 heavy (non-hydrogen) atoms. The van der Waals surface area contributed by atoms with E-state index in [9.17, 15) is 0 Å². The summed E-state index contributed by atoms with van der Waals surface area (Å²) in [5.41, 5.74) is 6.60. The first-order valence-corrected chi connectivity index (χ1v) is 9.15. The van der Waals surface area contributed by atoms with Gasteiger partial charge in [-0.1, -0.05) is 6.07 Å². The number of hydrogen-bond acceptors (Lipinski definition) is 6. The lowest BCUT2D eigenvalue weighted by atomic mass is 10.1. The summed E-state index contributed by atoms with van der Waals surface area (Å²) in [6.07, 6.45) is 8.49. The number of pyridine rings is 1. The molecule has 6 heteroatoms. The molecule has 0 amide bonds. The second-order valence-corrected chi connectivity index (χ2v) is 6.68. The predicted molar refractivity (Wildman–Crippen MR) is 106 cm³/mol. The van der Waals surface area contributed by atoms with Crippen molar-refractivity contribution < 1.29 is 0 Å². The number of hydrogen-bond donors (Lipinski definition) is 2. The Morgan fingerprint density at radius 2 is 1.96 bits per heavy atom. The smallest absolute Gasteiger partial charge is 0.0890 e. The molecule has 2 N–H and O–H groups in total. The normalized spacial score (nSPS) is 15.0. The third-order valence-electron chi connectivity index (χ3n) is 4.77. The number of rotatable bonds is 4. The van der Waals surface area contributed by atoms with E-state index in [2.05, 4.69) is 49.5 Å². The Bertz CT molecular complexity index is 886. The molecular formula is C20H24N6. The second kappa shape index (κ2) is 7.66. The molecule has 0 spiro atoms. The van der Waals surface area contributed by atoms with E-state index in [-0.39, 0.29) is 0 Å². The third kappa shape index (κ3) is 3.60. The van der Waals surface area contributed by atoms with Gasteiger partial charge in [0.15, 0.2) is 0 Å². The molecule has 0 bridgehead atoms. The minimum Gasteiger partial charge on any atom is -0.378 e. The van der Waals surface area contributed by atoms with Crippen LogP contribution < -0.4 is 15.5 Å². The molecule has 1 saturated heterocycles. The van der Waals surface area contributed by atoms with Crippen molar-refractivity contribution in [3.8, 4) is 0 Å². The topological polar surface area (TPSA) is 66.0 Å². The Hall–Kier alpha value is -2.73. The summed E-state index contributed by atoms with van der Waals surface area (Å²) in [7, 11) is 0. The number of fused-ring (bicyclic) bond motifs is 1. The SMILES string of the molecule is Cc1cncc(NCc2ccc3nccnc3c2)c1N1CCCNCC1. The van der Waals surface area contributed by atoms with Crippen molar-refractivity contribution in [2.75, 3.05) is 36.4 Å². The van der Waals surface area contributed by atoms with Crippen molar-refractivity contribution in [2.24, 2.45) is 0 Å². The van der Waals surface area contributed by atoms with Crippen molar-refractivity contribution in [1.29, 1.82) is 0 Å². The Labute approximate surface area is 153 Å². The van der Waals surface area contributed by atoms with Gasteiger partial charge in [0, 0.05) is 44.8 Å². The summed E-state index contributed by atoms with van der Waals surface area (Å²) in [6.45, 7) is 7.06. The van der Waals surface area contributed by atoms with Crippen LogP contribution in [0.15, 0.2) is 43.0 Å². The average Bonchev–Trinajstić information content (AvgIpc) is 2.95. The highest BCUT2D eigenvalue weighted by molar-refractivity contribution is 5.75. The fourth-order valence-corrected chi connectivity index (χ4v) is 3.49. The summed E-state index contributed by atoms with van der Waals surface area (Å²) in [5, 5.41) is 7.05. The molecule has 1 aromatic carbocycles. The predicted octanol–water partition coefficient (Wildman–Crippen LogP) is 2.75. The van der Waals surface area contributed by atoms with E-state index in [1.54, 1.807) is 12.4 Å². The molecule has 0 atom stereocenters. The van der Waals surface area contributed by atoms with Crippen LogP contribution in [0.4, 0.5) is 11.4 Å². The highest BCUT2D eigenvalue weighted by Crippen LogP contribution is 2.29.